The van der Waals surface area contributed by atoms with Crippen molar-refractivity contribution in [1.82, 2.24) is 5.01 Å². The van der Waals surface area contributed by atoms with Gasteiger partial charge in [0.2, 0.25) is 16.3 Å². The van der Waals surface area contributed by atoms with Gasteiger partial charge in [-0.3, -0.25) is 4.72 Å². The van der Waals surface area contributed by atoms with E-state index >= 15 is 0 Å². The SMILES string of the molecule is Cc1cccc([C@@H]2Oc3ccccc3[C@H]3CC(c4cccc(NS(C)(=O)=O)c4)=NN32)c1. The maximum atomic E-state index is 11.6. The summed E-state index contributed by atoms with van der Waals surface area (Å²) in [5.41, 5.74) is 5.65. The monoisotopic (exact) mass is 433 g/mol. The summed E-state index contributed by atoms with van der Waals surface area (Å²) in [6.07, 6.45) is 1.54. The van der Waals surface area contributed by atoms with Crippen molar-refractivity contribution in [1.29, 1.82) is 0 Å². The van der Waals surface area contributed by atoms with E-state index < -0.39 is 10.0 Å². The largest absolute Gasteiger partial charge is 0.464 e. The maximum Gasteiger partial charge on any atom is 0.229 e. The summed E-state index contributed by atoms with van der Waals surface area (Å²) < 4.78 is 32.2. The molecule has 0 unspecified atom stereocenters. The lowest BCUT2D eigenvalue weighted by Gasteiger charge is -2.38. The number of fused-ring (bicyclic) bond motifs is 3. The van der Waals surface area contributed by atoms with Gasteiger partial charge in [-0.15, -0.1) is 0 Å². The number of para-hydroxylation sites is 1. The van der Waals surface area contributed by atoms with Gasteiger partial charge in [0.05, 0.1) is 18.0 Å². The van der Waals surface area contributed by atoms with Crippen molar-refractivity contribution in [2.45, 2.75) is 25.6 Å². The molecule has 0 bridgehead atoms. The number of nitrogens with zero attached hydrogens (tertiary/aromatic N) is 2. The van der Waals surface area contributed by atoms with Crippen LogP contribution in [-0.4, -0.2) is 25.4 Å². The van der Waals surface area contributed by atoms with E-state index in [0.717, 1.165) is 34.4 Å². The highest BCUT2D eigenvalue weighted by atomic mass is 32.2. The Hall–Kier alpha value is -3.32. The van der Waals surface area contributed by atoms with Gasteiger partial charge in [0.25, 0.3) is 0 Å². The number of hydrogen-bond donors (Lipinski definition) is 1. The number of hydrogen-bond acceptors (Lipinski definition) is 5. The van der Waals surface area contributed by atoms with Gasteiger partial charge < -0.3 is 4.74 Å². The van der Waals surface area contributed by atoms with Gasteiger partial charge in [-0.1, -0.05) is 60.2 Å². The Balaban J connectivity index is 1.55. The van der Waals surface area contributed by atoms with E-state index in [2.05, 4.69) is 35.9 Å². The first-order valence-electron chi connectivity index (χ1n) is 10.1. The summed E-state index contributed by atoms with van der Waals surface area (Å²) >= 11 is 0. The zero-order valence-electron chi connectivity index (χ0n) is 17.3. The number of sulfonamides is 1. The fraction of sp³-hybridized carbons (Fsp3) is 0.208. The summed E-state index contributed by atoms with van der Waals surface area (Å²) in [6, 6.07) is 23.8. The Morgan fingerprint density at radius 2 is 1.84 bits per heavy atom. The second kappa shape index (κ2) is 7.42. The van der Waals surface area contributed by atoms with Crippen molar-refractivity contribution < 1.29 is 13.2 Å². The minimum absolute atomic E-state index is 0.0528. The van der Waals surface area contributed by atoms with Gasteiger partial charge >= 0.3 is 0 Å². The summed E-state index contributed by atoms with van der Waals surface area (Å²) in [7, 11) is -3.35. The molecule has 6 nitrogen and oxygen atoms in total. The van der Waals surface area contributed by atoms with E-state index in [4.69, 9.17) is 9.84 Å². The van der Waals surface area contributed by atoms with Gasteiger partial charge in [0, 0.05) is 23.2 Å². The highest BCUT2D eigenvalue weighted by Gasteiger charge is 2.40. The molecule has 7 heteroatoms. The van der Waals surface area contributed by atoms with Crippen LogP contribution in [0.1, 0.15) is 40.9 Å². The molecule has 0 amide bonds. The number of hydrazone groups is 1. The van der Waals surface area contributed by atoms with Crippen molar-refractivity contribution in [3.63, 3.8) is 0 Å². The lowest BCUT2D eigenvalue weighted by Crippen LogP contribution is -2.33. The first-order chi connectivity index (χ1) is 14.9. The Bertz CT molecular complexity index is 1290. The summed E-state index contributed by atoms with van der Waals surface area (Å²) in [5, 5.41) is 6.98. The van der Waals surface area contributed by atoms with Crippen LogP contribution in [0.5, 0.6) is 5.75 Å². The summed E-state index contributed by atoms with van der Waals surface area (Å²) in [4.78, 5) is 0. The van der Waals surface area contributed by atoms with Crippen LogP contribution in [0.2, 0.25) is 0 Å². The van der Waals surface area contributed by atoms with E-state index in [0.29, 0.717) is 12.1 Å². The van der Waals surface area contributed by atoms with E-state index in [1.165, 1.54) is 5.56 Å². The van der Waals surface area contributed by atoms with Gasteiger partial charge in [0.1, 0.15) is 5.75 Å². The molecule has 2 aliphatic heterocycles. The van der Waals surface area contributed by atoms with Crippen LogP contribution in [0.15, 0.2) is 77.9 Å². The Morgan fingerprint density at radius 1 is 1.03 bits per heavy atom. The van der Waals surface area contributed by atoms with E-state index in [-0.39, 0.29) is 12.3 Å². The van der Waals surface area contributed by atoms with Crippen LogP contribution >= 0.6 is 0 Å². The molecule has 0 saturated heterocycles. The first kappa shape index (κ1) is 19.6. The third kappa shape index (κ3) is 3.88. The van der Waals surface area contributed by atoms with Crippen molar-refractivity contribution in [2.75, 3.05) is 11.0 Å². The Kier molecular flexibility index (Phi) is 4.70. The number of aryl methyl sites for hydroxylation is 1. The standard InChI is InChI=1S/C24H23N3O3S/c1-16-7-5-9-18(13-16)24-27-22(20-11-3-4-12-23(20)30-24)15-21(25-27)17-8-6-10-19(14-17)26-31(2,28)29/h3-14,22,24,26H,15H2,1-2H3/t22-,24+/m1/s1. The molecular weight excluding hydrogens is 410 g/mol. The Morgan fingerprint density at radius 3 is 2.65 bits per heavy atom. The molecule has 0 aliphatic carbocycles. The lowest BCUT2D eigenvalue weighted by atomic mass is 9.95. The molecular formula is C24H23N3O3S. The minimum atomic E-state index is -3.35. The lowest BCUT2D eigenvalue weighted by molar-refractivity contribution is -0.0190. The molecule has 0 radical (unpaired) electrons. The molecule has 0 saturated carbocycles. The summed E-state index contributed by atoms with van der Waals surface area (Å²) in [6.45, 7) is 2.07. The number of anilines is 1. The number of ether oxygens (including phenoxy) is 1. The predicted molar refractivity (Wildman–Crippen MR) is 122 cm³/mol. The van der Waals surface area contributed by atoms with E-state index in [1.807, 2.05) is 47.5 Å². The molecule has 0 aromatic heterocycles. The normalized spacial score (nSPS) is 19.8. The summed E-state index contributed by atoms with van der Waals surface area (Å²) in [5.74, 6) is 0.874. The highest BCUT2D eigenvalue weighted by Crippen LogP contribution is 2.47. The van der Waals surface area contributed by atoms with Crippen molar-refractivity contribution >= 4 is 21.4 Å². The van der Waals surface area contributed by atoms with Crippen molar-refractivity contribution in [3.8, 4) is 5.75 Å². The number of benzene rings is 3. The third-order valence-corrected chi connectivity index (χ3v) is 6.13. The second-order valence-corrected chi connectivity index (χ2v) is 9.77. The smallest absolute Gasteiger partial charge is 0.229 e. The molecule has 2 heterocycles. The average molecular weight is 434 g/mol. The molecule has 5 rings (SSSR count). The third-order valence-electron chi connectivity index (χ3n) is 5.53. The zero-order chi connectivity index (χ0) is 21.6. The zero-order valence-corrected chi connectivity index (χ0v) is 18.1. The molecule has 3 aromatic rings. The topological polar surface area (TPSA) is 71.0 Å². The maximum absolute atomic E-state index is 11.6. The van der Waals surface area contributed by atoms with E-state index in [9.17, 15) is 8.42 Å². The molecule has 0 fully saturated rings. The van der Waals surface area contributed by atoms with Gasteiger partial charge in [-0.2, -0.15) is 5.10 Å². The van der Waals surface area contributed by atoms with Crippen LogP contribution < -0.4 is 9.46 Å². The first-order valence-corrected chi connectivity index (χ1v) is 12.0. The van der Waals surface area contributed by atoms with Gasteiger partial charge in [0.15, 0.2) is 0 Å². The number of rotatable bonds is 4. The minimum Gasteiger partial charge on any atom is -0.464 e. The molecule has 2 atom stereocenters. The molecule has 3 aromatic carbocycles. The molecule has 0 spiro atoms. The second-order valence-electron chi connectivity index (χ2n) is 8.02. The Labute approximate surface area is 182 Å². The highest BCUT2D eigenvalue weighted by molar-refractivity contribution is 7.92. The molecule has 158 valence electrons. The van der Waals surface area contributed by atoms with Crippen LogP contribution in [0, 0.1) is 6.92 Å². The number of nitrogens with one attached hydrogen (secondary N) is 1. The van der Waals surface area contributed by atoms with Crippen LogP contribution in [0.25, 0.3) is 0 Å². The fourth-order valence-corrected chi connectivity index (χ4v) is 4.78. The van der Waals surface area contributed by atoms with Crippen LogP contribution in [0.3, 0.4) is 0 Å². The predicted octanol–water partition coefficient (Wildman–Crippen LogP) is 4.61. The van der Waals surface area contributed by atoms with Crippen molar-refractivity contribution in [3.05, 3.63) is 95.1 Å². The van der Waals surface area contributed by atoms with Gasteiger partial charge in [-0.25, -0.2) is 13.4 Å². The fourth-order valence-electron chi connectivity index (χ4n) is 4.23. The molecule has 31 heavy (non-hydrogen) atoms. The average Bonchev–Trinajstić information content (AvgIpc) is 3.18. The molecule has 1 N–H and O–H groups in total. The van der Waals surface area contributed by atoms with Gasteiger partial charge in [-0.05, 0) is 30.7 Å². The quantitative estimate of drug-likeness (QED) is 0.652. The van der Waals surface area contributed by atoms with Crippen molar-refractivity contribution in [2.24, 2.45) is 5.10 Å². The van der Waals surface area contributed by atoms with Crippen LogP contribution in [-0.2, 0) is 10.0 Å². The van der Waals surface area contributed by atoms with E-state index in [1.54, 1.807) is 6.07 Å². The van der Waals surface area contributed by atoms with Crippen LogP contribution in [0.4, 0.5) is 5.69 Å². The molecule has 2 aliphatic rings.